The second kappa shape index (κ2) is 11.8. The summed E-state index contributed by atoms with van der Waals surface area (Å²) >= 11 is 0. The van der Waals surface area contributed by atoms with Gasteiger partial charge in [-0.3, -0.25) is 14.7 Å². The number of carbonyl (C=O) groups excluding carboxylic acids is 2. The van der Waals surface area contributed by atoms with Crippen LogP contribution in [0.5, 0.6) is 0 Å². The summed E-state index contributed by atoms with van der Waals surface area (Å²) in [6, 6.07) is 9.03. The fourth-order valence-corrected chi connectivity index (χ4v) is 5.52. The maximum atomic E-state index is 12.7. The van der Waals surface area contributed by atoms with Crippen LogP contribution in [0.2, 0.25) is 0 Å². The lowest BCUT2D eigenvalue weighted by Gasteiger charge is -2.37. The van der Waals surface area contributed by atoms with Crippen LogP contribution in [0.4, 0.5) is 10.6 Å². The SMILES string of the molecule is CC(N)(CO)C(=O)N1CCN(C(=O)Nc2ccn(-c3ccc(CCN4CCC5CC5(N)C4)cc3)c(=O)n2)CC1.Cl. The summed E-state index contributed by atoms with van der Waals surface area (Å²) in [5.74, 6) is 0.517. The second-order valence-corrected chi connectivity index (χ2v) is 11.4. The van der Waals surface area contributed by atoms with Crippen molar-refractivity contribution < 1.29 is 14.7 Å². The lowest BCUT2D eigenvalue weighted by atomic mass is 10.0. The number of aromatic nitrogens is 2. The average molecular weight is 575 g/mol. The van der Waals surface area contributed by atoms with Crippen molar-refractivity contribution in [3.8, 4) is 5.69 Å². The monoisotopic (exact) mass is 574 g/mol. The van der Waals surface area contributed by atoms with E-state index in [2.05, 4.69) is 15.2 Å². The Morgan fingerprint density at radius 2 is 1.80 bits per heavy atom. The molecule has 3 atom stereocenters. The number of aliphatic hydroxyl groups excluding tert-OH is 1. The van der Waals surface area contributed by atoms with Gasteiger partial charge in [0.05, 0.1) is 12.3 Å². The molecule has 0 spiro atoms. The van der Waals surface area contributed by atoms with Gasteiger partial charge in [-0.25, -0.2) is 9.59 Å². The third kappa shape index (κ3) is 6.47. The van der Waals surface area contributed by atoms with Crippen LogP contribution in [0, 0.1) is 5.92 Å². The van der Waals surface area contributed by atoms with E-state index in [1.807, 2.05) is 24.3 Å². The van der Waals surface area contributed by atoms with Crippen LogP contribution in [0.25, 0.3) is 5.69 Å². The minimum absolute atomic E-state index is 0. The number of anilines is 1. The van der Waals surface area contributed by atoms with Crippen molar-refractivity contribution in [2.45, 2.75) is 37.3 Å². The molecular formula is C27H39ClN8O4. The standard InChI is InChI=1S/C27H38N8O4.ClH/c1-26(28,18-36)23(37)33-12-14-34(15-13-33)24(38)30-22-8-11-35(25(39)31-22)21-4-2-19(3-5-21)6-9-32-10-7-20-16-27(20,29)17-32;/h2-5,8,11,20,36H,6-7,9-10,12-18,28-29H2,1H3,(H,30,31,38,39);1H. The number of piperidine rings is 1. The number of nitrogens with one attached hydrogen (secondary N) is 1. The van der Waals surface area contributed by atoms with Gasteiger partial charge < -0.3 is 31.3 Å². The van der Waals surface area contributed by atoms with Crippen LogP contribution in [-0.4, -0.2) is 105 Å². The molecule has 1 aromatic heterocycles. The zero-order chi connectivity index (χ0) is 27.8. The average Bonchev–Trinajstić information content (AvgIpc) is 3.62. The number of benzene rings is 1. The predicted molar refractivity (Wildman–Crippen MR) is 154 cm³/mol. The molecule has 3 amide bonds. The summed E-state index contributed by atoms with van der Waals surface area (Å²) in [5, 5.41) is 12.0. The van der Waals surface area contributed by atoms with Gasteiger partial charge in [0, 0.05) is 51.0 Å². The molecule has 6 N–H and O–H groups in total. The normalized spacial score (nSPS) is 23.9. The van der Waals surface area contributed by atoms with Crippen LogP contribution in [0.1, 0.15) is 25.3 Å². The van der Waals surface area contributed by atoms with Crippen molar-refractivity contribution in [1.29, 1.82) is 0 Å². The number of hydrogen-bond donors (Lipinski definition) is 4. The molecule has 13 heteroatoms. The zero-order valence-electron chi connectivity index (χ0n) is 22.8. The topological polar surface area (TPSA) is 163 Å². The number of hydrogen-bond acceptors (Lipinski definition) is 8. The maximum absolute atomic E-state index is 12.7. The molecular weight excluding hydrogens is 536 g/mol. The third-order valence-electron chi connectivity index (χ3n) is 8.23. The molecule has 3 unspecified atom stereocenters. The van der Waals surface area contributed by atoms with Gasteiger partial charge >= 0.3 is 11.7 Å². The molecule has 2 aliphatic heterocycles. The fourth-order valence-electron chi connectivity index (χ4n) is 5.52. The highest BCUT2D eigenvalue weighted by molar-refractivity contribution is 5.89. The smallest absolute Gasteiger partial charge is 0.354 e. The summed E-state index contributed by atoms with van der Waals surface area (Å²) in [4.78, 5) is 47.4. The summed E-state index contributed by atoms with van der Waals surface area (Å²) in [6.07, 6.45) is 4.87. The largest absolute Gasteiger partial charge is 0.394 e. The number of nitrogens with zero attached hydrogens (tertiary/aromatic N) is 5. The van der Waals surface area contributed by atoms with E-state index < -0.39 is 23.9 Å². The second-order valence-electron chi connectivity index (χ2n) is 11.4. The van der Waals surface area contributed by atoms with E-state index in [1.54, 1.807) is 17.2 Å². The highest BCUT2D eigenvalue weighted by atomic mass is 35.5. The van der Waals surface area contributed by atoms with E-state index in [1.165, 1.54) is 28.4 Å². The van der Waals surface area contributed by atoms with E-state index in [4.69, 9.17) is 11.5 Å². The van der Waals surface area contributed by atoms with Gasteiger partial charge in [-0.1, -0.05) is 12.1 Å². The molecule has 5 rings (SSSR count). The van der Waals surface area contributed by atoms with E-state index in [-0.39, 0.29) is 29.7 Å². The summed E-state index contributed by atoms with van der Waals surface area (Å²) < 4.78 is 1.44. The Bertz CT molecular complexity index is 1280. The molecule has 1 aliphatic carbocycles. The van der Waals surface area contributed by atoms with Crippen molar-refractivity contribution in [2.24, 2.45) is 17.4 Å². The number of rotatable bonds is 7. The number of aliphatic hydroxyl groups is 1. The Labute approximate surface area is 239 Å². The minimum Gasteiger partial charge on any atom is -0.394 e. The molecule has 218 valence electrons. The Balaban J connectivity index is 0.00000370. The minimum atomic E-state index is -1.35. The van der Waals surface area contributed by atoms with Gasteiger partial charge in [0.1, 0.15) is 11.4 Å². The Kier molecular flexibility index (Phi) is 8.86. The molecule has 3 heterocycles. The number of amides is 3. The molecule has 3 fully saturated rings. The number of fused-ring (bicyclic) bond motifs is 1. The summed E-state index contributed by atoms with van der Waals surface area (Å²) in [5.41, 5.74) is 12.3. The highest BCUT2D eigenvalue weighted by Gasteiger charge is 2.53. The number of nitrogens with two attached hydrogens (primary N) is 2. The van der Waals surface area contributed by atoms with Crippen LogP contribution in [-0.2, 0) is 11.2 Å². The van der Waals surface area contributed by atoms with Crippen LogP contribution < -0.4 is 22.5 Å². The van der Waals surface area contributed by atoms with E-state index in [0.717, 1.165) is 32.5 Å². The molecule has 2 aromatic rings. The maximum Gasteiger partial charge on any atom is 0.354 e. The van der Waals surface area contributed by atoms with Gasteiger partial charge in [-0.15, -0.1) is 12.4 Å². The lowest BCUT2D eigenvalue weighted by molar-refractivity contribution is -0.139. The molecule has 2 saturated heterocycles. The first kappa shape index (κ1) is 29.9. The van der Waals surface area contributed by atoms with Crippen molar-refractivity contribution >= 4 is 30.2 Å². The quantitative estimate of drug-likeness (QED) is 0.359. The number of likely N-dealkylation sites (tertiary alicyclic amines) is 1. The molecule has 0 bridgehead atoms. The highest BCUT2D eigenvalue weighted by Crippen LogP contribution is 2.46. The van der Waals surface area contributed by atoms with Crippen molar-refractivity contribution in [3.63, 3.8) is 0 Å². The lowest BCUT2D eigenvalue weighted by Crippen LogP contribution is -2.60. The Morgan fingerprint density at radius 3 is 2.42 bits per heavy atom. The van der Waals surface area contributed by atoms with Gasteiger partial charge in [0.2, 0.25) is 5.91 Å². The molecule has 12 nitrogen and oxygen atoms in total. The number of carbonyl (C=O) groups is 2. The van der Waals surface area contributed by atoms with E-state index in [0.29, 0.717) is 37.8 Å². The number of piperazine rings is 1. The summed E-state index contributed by atoms with van der Waals surface area (Å²) in [7, 11) is 0. The summed E-state index contributed by atoms with van der Waals surface area (Å²) in [6.45, 7) is 5.29. The van der Waals surface area contributed by atoms with Gasteiger partial charge in [0.25, 0.3) is 0 Å². The molecule has 0 radical (unpaired) electrons. The third-order valence-corrected chi connectivity index (χ3v) is 8.23. The Morgan fingerprint density at radius 1 is 1.12 bits per heavy atom. The van der Waals surface area contributed by atoms with Crippen LogP contribution in [0.3, 0.4) is 0 Å². The number of urea groups is 1. The van der Waals surface area contributed by atoms with Crippen molar-refractivity contribution in [2.75, 3.05) is 57.7 Å². The molecule has 3 aliphatic rings. The first-order valence-corrected chi connectivity index (χ1v) is 13.5. The van der Waals surface area contributed by atoms with Crippen molar-refractivity contribution in [1.82, 2.24) is 24.3 Å². The van der Waals surface area contributed by atoms with Gasteiger partial charge in [0.15, 0.2) is 0 Å². The molecule has 1 saturated carbocycles. The van der Waals surface area contributed by atoms with Crippen molar-refractivity contribution in [3.05, 3.63) is 52.6 Å². The van der Waals surface area contributed by atoms with Crippen LogP contribution >= 0.6 is 12.4 Å². The van der Waals surface area contributed by atoms with Crippen LogP contribution in [0.15, 0.2) is 41.3 Å². The molecule has 40 heavy (non-hydrogen) atoms. The molecule has 1 aromatic carbocycles. The van der Waals surface area contributed by atoms with Gasteiger partial charge in [-0.05, 0) is 62.4 Å². The first-order valence-electron chi connectivity index (χ1n) is 13.5. The van der Waals surface area contributed by atoms with E-state index >= 15 is 0 Å². The van der Waals surface area contributed by atoms with E-state index in [9.17, 15) is 19.5 Å². The predicted octanol–water partition coefficient (Wildman–Crippen LogP) is 0.00570. The zero-order valence-corrected chi connectivity index (χ0v) is 23.6. The Hall–Kier alpha value is -3.03. The number of halogens is 1. The fraction of sp³-hybridized carbons (Fsp3) is 0.556. The first-order chi connectivity index (χ1) is 18.6. The van der Waals surface area contributed by atoms with Gasteiger partial charge in [-0.2, -0.15) is 4.98 Å².